The molecule has 0 radical (unpaired) electrons. The first-order valence-corrected chi connectivity index (χ1v) is 13.2. The van der Waals surface area contributed by atoms with E-state index in [-0.39, 0.29) is 10.6 Å². The van der Waals surface area contributed by atoms with Crippen LogP contribution in [-0.4, -0.2) is 12.0 Å². The third-order valence-corrected chi connectivity index (χ3v) is 7.11. The van der Waals surface area contributed by atoms with Gasteiger partial charge in [0.1, 0.15) is 0 Å². The van der Waals surface area contributed by atoms with E-state index >= 15 is 0 Å². The van der Waals surface area contributed by atoms with Crippen LogP contribution in [-0.2, 0) is 0 Å². The van der Waals surface area contributed by atoms with Crippen molar-refractivity contribution in [1.29, 1.82) is 0 Å². The lowest BCUT2D eigenvalue weighted by molar-refractivity contribution is -0.419. The van der Waals surface area contributed by atoms with Crippen LogP contribution >= 0.6 is 0 Å². The summed E-state index contributed by atoms with van der Waals surface area (Å²) >= 11 is 0. The first-order valence-electron chi connectivity index (χ1n) is 13.2. The summed E-state index contributed by atoms with van der Waals surface area (Å²) in [6, 6.07) is 42.2. The summed E-state index contributed by atoms with van der Waals surface area (Å²) in [7, 11) is 1.91. The fourth-order valence-corrected chi connectivity index (χ4v) is 4.78. The SMILES string of the molecule is C/C=C(\C=C(/C)N(C)c1ccc(-c2ccc(N(c3ccccc3)c3ccc4ccccc4c3)cc2)cc1)[N+](=O)[O-]. The number of hydrogen-bond acceptors (Lipinski definition) is 4. The first kappa shape index (κ1) is 26.4. The van der Waals surface area contributed by atoms with Crippen molar-refractivity contribution >= 4 is 33.5 Å². The van der Waals surface area contributed by atoms with Crippen LogP contribution in [0.4, 0.5) is 22.7 Å². The maximum absolute atomic E-state index is 11.2. The van der Waals surface area contributed by atoms with Gasteiger partial charge in [0.15, 0.2) is 0 Å². The van der Waals surface area contributed by atoms with Gasteiger partial charge in [-0.3, -0.25) is 10.1 Å². The Morgan fingerprint density at radius 2 is 1.20 bits per heavy atom. The van der Waals surface area contributed by atoms with Gasteiger partial charge in [-0.1, -0.05) is 72.8 Å². The summed E-state index contributed by atoms with van der Waals surface area (Å²) in [6.45, 7) is 3.54. The van der Waals surface area contributed by atoms with Crippen LogP contribution in [0.5, 0.6) is 0 Å². The third-order valence-electron chi connectivity index (χ3n) is 7.11. The van der Waals surface area contributed by atoms with E-state index in [9.17, 15) is 10.1 Å². The summed E-state index contributed by atoms with van der Waals surface area (Å²) in [5, 5.41) is 13.6. The van der Waals surface area contributed by atoms with E-state index in [0.717, 1.165) is 39.6 Å². The molecule has 198 valence electrons. The van der Waals surface area contributed by atoms with E-state index in [2.05, 4.69) is 108 Å². The molecule has 0 aromatic heterocycles. The molecule has 5 aromatic rings. The minimum atomic E-state index is -0.372. The van der Waals surface area contributed by atoms with Gasteiger partial charge in [0, 0.05) is 41.6 Å². The van der Waals surface area contributed by atoms with E-state index in [1.54, 1.807) is 13.0 Å². The Labute approximate surface area is 235 Å². The Morgan fingerprint density at radius 1 is 0.675 bits per heavy atom. The molecular formula is C35H31N3O2. The van der Waals surface area contributed by atoms with Gasteiger partial charge in [0.25, 0.3) is 5.70 Å². The zero-order chi connectivity index (χ0) is 28.1. The number of nitro groups is 1. The standard InChI is InChI=1S/C35H31N3O2/c1-4-31(38(39)40)24-26(2)36(3)32-19-14-28(15-20-32)29-16-21-34(22-17-29)37(33-12-6-5-7-13-33)35-23-18-27-10-8-9-11-30(27)25-35/h4-25H,1-3H3/b26-24+,31-4+. The van der Waals surface area contributed by atoms with Crippen LogP contribution in [0.1, 0.15) is 13.8 Å². The smallest absolute Gasteiger partial charge is 0.266 e. The average Bonchev–Trinajstić information content (AvgIpc) is 3.00. The molecular weight excluding hydrogens is 494 g/mol. The van der Waals surface area contributed by atoms with E-state index in [1.165, 1.54) is 16.8 Å². The number of hydrogen-bond donors (Lipinski definition) is 0. The number of rotatable bonds is 8. The van der Waals surface area contributed by atoms with Crippen molar-refractivity contribution in [3.05, 3.63) is 155 Å². The fourth-order valence-electron chi connectivity index (χ4n) is 4.78. The van der Waals surface area contributed by atoms with Crippen LogP contribution in [0, 0.1) is 10.1 Å². The Kier molecular flexibility index (Phi) is 7.74. The van der Waals surface area contributed by atoms with Crippen LogP contribution in [0.3, 0.4) is 0 Å². The van der Waals surface area contributed by atoms with Crippen molar-refractivity contribution in [3.63, 3.8) is 0 Å². The van der Waals surface area contributed by atoms with E-state index in [4.69, 9.17) is 0 Å². The van der Waals surface area contributed by atoms with E-state index < -0.39 is 0 Å². The molecule has 0 bridgehead atoms. The molecule has 0 aliphatic heterocycles. The molecule has 0 saturated carbocycles. The molecule has 0 aliphatic carbocycles. The minimum Gasteiger partial charge on any atom is -0.348 e. The Balaban J connectivity index is 1.42. The number of para-hydroxylation sites is 1. The molecule has 5 heteroatoms. The van der Waals surface area contributed by atoms with Crippen molar-refractivity contribution in [1.82, 2.24) is 0 Å². The molecule has 5 rings (SSSR count). The van der Waals surface area contributed by atoms with Crippen LogP contribution in [0.15, 0.2) is 145 Å². The lowest BCUT2D eigenvalue weighted by atomic mass is 10.0. The summed E-state index contributed by atoms with van der Waals surface area (Å²) in [4.78, 5) is 15.0. The maximum Gasteiger partial charge on any atom is 0.266 e. The van der Waals surface area contributed by atoms with Crippen molar-refractivity contribution in [2.75, 3.05) is 16.8 Å². The number of benzene rings is 5. The number of anilines is 4. The molecule has 40 heavy (non-hydrogen) atoms. The number of fused-ring (bicyclic) bond motifs is 1. The highest BCUT2D eigenvalue weighted by Crippen LogP contribution is 2.37. The zero-order valence-corrected chi connectivity index (χ0v) is 22.9. The molecule has 0 unspecified atom stereocenters. The summed E-state index contributed by atoms with van der Waals surface area (Å²) in [5.41, 5.74) is 7.31. The van der Waals surface area contributed by atoms with Crippen LogP contribution in [0.2, 0.25) is 0 Å². The average molecular weight is 526 g/mol. The van der Waals surface area contributed by atoms with Crippen molar-refractivity contribution in [2.45, 2.75) is 13.8 Å². The van der Waals surface area contributed by atoms with Crippen molar-refractivity contribution in [3.8, 4) is 11.1 Å². The summed E-state index contributed by atoms with van der Waals surface area (Å²) in [5.74, 6) is 0. The van der Waals surface area contributed by atoms with Gasteiger partial charge in [-0.05, 0) is 90.4 Å². The van der Waals surface area contributed by atoms with Crippen LogP contribution < -0.4 is 9.80 Å². The lowest BCUT2D eigenvalue weighted by Crippen LogP contribution is -2.15. The topological polar surface area (TPSA) is 49.6 Å². The quantitative estimate of drug-likeness (QED) is 0.115. The molecule has 0 fully saturated rings. The number of allylic oxidation sites excluding steroid dienone is 3. The fraction of sp³-hybridized carbons (Fsp3) is 0.0857. The lowest BCUT2D eigenvalue weighted by Gasteiger charge is -2.26. The van der Waals surface area contributed by atoms with Gasteiger partial charge in [0.2, 0.25) is 0 Å². The second kappa shape index (κ2) is 11.7. The molecule has 0 atom stereocenters. The van der Waals surface area contributed by atoms with E-state index in [0.29, 0.717) is 0 Å². The molecule has 0 aliphatic rings. The van der Waals surface area contributed by atoms with Crippen molar-refractivity contribution in [2.24, 2.45) is 0 Å². The number of nitrogens with zero attached hydrogens (tertiary/aromatic N) is 3. The Bertz CT molecular complexity index is 1690. The monoisotopic (exact) mass is 525 g/mol. The summed E-state index contributed by atoms with van der Waals surface area (Å²) in [6.07, 6.45) is 3.09. The third kappa shape index (κ3) is 5.64. The Morgan fingerprint density at radius 3 is 1.80 bits per heavy atom. The largest absolute Gasteiger partial charge is 0.348 e. The molecule has 0 heterocycles. The minimum absolute atomic E-state index is 0.0781. The summed E-state index contributed by atoms with van der Waals surface area (Å²) < 4.78 is 0. The highest BCUT2D eigenvalue weighted by atomic mass is 16.6. The predicted molar refractivity (Wildman–Crippen MR) is 167 cm³/mol. The van der Waals surface area contributed by atoms with Gasteiger partial charge in [-0.25, -0.2) is 0 Å². The molecule has 5 nitrogen and oxygen atoms in total. The molecule has 0 N–H and O–H groups in total. The van der Waals surface area contributed by atoms with Gasteiger partial charge >= 0.3 is 0 Å². The first-order chi connectivity index (χ1) is 19.4. The van der Waals surface area contributed by atoms with E-state index in [1.807, 2.05) is 37.1 Å². The maximum atomic E-state index is 11.2. The van der Waals surface area contributed by atoms with Gasteiger partial charge < -0.3 is 9.80 Å². The highest BCUT2D eigenvalue weighted by Gasteiger charge is 2.14. The molecule has 5 aromatic carbocycles. The zero-order valence-electron chi connectivity index (χ0n) is 22.9. The van der Waals surface area contributed by atoms with Crippen LogP contribution in [0.25, 0.3) is 21.9 Å². The Hall–Kier alpha value is -5.16. The molecule has 0 spiro atoms. The second-order valence-electron chi connectivity index (χ2n) is 9.61. The van der Waals surface area contributed by atoms with Gasteiger partial charge in [-0.15, -0.1) is 0 Å². The van der Waals surface area contributed by atoms with Gasteiger partial charge in [-0.2, -0.15) is 0 Å². The molecule has 0 amide bonds. The normalized spacial score (nSPS) is 11.9. The highest BCUT2D eigenvalue weighted by molar-refractivity contribution is 5.89. The molecule has 0 saturated heterocycles. The van der Waals surface area contributed by atoms with Crippen molar-refractivity contribution < 1.29 is 4.92 Å². The second-order valence-corrected chi connectivity index (χ2v) is 9.61. The predicted octanol–water partition coefficient (Wildman–Crippen LogP) is 9.50. The van der Waals surface area contributed by atoms with Gasteiger partial charge in [0.05, 0.1) is 4.92 Å².